The van der Waals surface area contributed by atoms with Crippen LogP contribution in [0.15, 0.2) is 28.9 Å². The molecule has 0 aliphatic heterocycles. The summed E-state index contributed by atoms with van der Waals surface area (Å²) in [6.07, 6.45) is 2.72. The van der Waals surface area contributed by atoms with Gasteiger partial charge in [-0.1, -0.05) is 22.0 Å². The highest BCUT2D eigenvalue weighted by molar-refractivity contribution is 9.10. The second-order valence-corrected chi connectivity index (χ2v) is 3.80. The largest absolute Gasteiger partial charge is 0.350 e. The molecule has 13 heavy (non-hydrogen) atoms. The molecule has 2 nitrogen and oxygen atoms in total. The SMILES string of the molecule is Cn1cc(C=O)c2c(Br)cccc21. The van der Waals surface area contributed by atoms with Gasteiger partial charge in [0.2, 0.25) is 0 Å². The average Bonchev–Trinajstić information content (AvgIpc) is 2.45. The molecule has 0 unspecified atom stereocenters. The van der Waals surface area contributed by atoms with Gasteiger partial charge in [0.25, 0.3) is 0 Å². The van der Waals surface area contributed by atoms with Gasteiger partial charge in [-0.15, -0.1) is 0 Å². The molecule has 0 saturated carbocycles. The number of benzene rings is 1. The second-order valence-electron chi connectivity index (χ2n) is 2.95. The quantitative estimate of drug-likeness (QED) is 0.700. The fraction of sp³-hybridized carbons (Fsp3) is 0.100. The minimum Gasteiger partial charge on any atom is -0.350 e. The molecule has 3 heteroatoms. The Balaban J connectivity index is 2.96. The fourth-order valence-corrected chi connectivity index (χ4v) is 2.11. The smallest absolute Gasteiger partial charge is 0.152 e. The van der Waals surface area contributed by atoms with Crippen LogP contribution in [-0.2, 0) is 7.05 Å². The molecule has 0 spiro atoms. The van der Waals surface area contributed by atoms with Crippen LogP contribution in [0.3, 0.4) is 0 Å². The third-order valence-corrected chi connectivity index (χ3v) is 2.78. The second kappa shape index (κ2) is 3.00. The lowest BCUT2D eigenvalue weighted by Crippen LogP contribution is -1.82. The van der Waals surface area contributed by atoms with E-state index < -0.39 is 0 Å². The third-order valence-electron chi connectivity index (χ3n) is 2.12. The number of aryl methyl sites for hydroxylation is 1. The van der Waals surface area contributed by atoms with Gasteiger partial charge in [-0.2, -0.15) is 0 Å². The molecule has 1 heterocycles. The van der Waals surface area contributed by atoms with E-state index in [2.05, 4.69) is 15.9 Å². The Morgan fingerprint density at radius 3 is 2.92 bits per heavy atom. The number of nitrogens with zero attached hydrogens (tertiary/aromatic N) is 1. The van der Waals surface area contributed by atoms with Gasteiger partial charge in [0.15, 0.2) is 6.29 Å². The first-order chi connectivity index (χ1) is 6.24. The third kappa shape index (κ3) is 1.20. The summed E-state index contributed by atoms with van der Waals surface area (Å²) in [6, 6.07) is 5.89. The lowest BCUT2D eigenvalue weighted by molar-refractivity contribution is 0.112. The summed E-state index contributed by atoms with van der Waals surface area (Å²) in [5.74, 6) is 0. The number of hydrogen-bond acceptors (Lipinski definition) is 1. The molecule has 0 radical (unpaired) electrons. The molecule has 2 rings (SSSR count). The van der Waals surface area contributed by atoms with Crippen LogP contribution in [-0.4, -0.2) is 10.9 Å². The lowest BCUT2D eigenvalue weighted by Gasteiger charge is -1.96. The van der Waals surface area contributed by atoms with Crippen LogP contribution in [0.2, 0.25) is 0 Å². The molecule has 0 amide bonds. The molecule has 0 aliphatic rings. The number of fused-ring (bicyclic) bond motifs is 1. The molecule has 66 valence electrons. The first-order valence-corrected chi connectivity index (χ1v) is 4.72. The molecular weight excluding hydrogens is 230 g/mol. The monoisotopic (exact) mass is 237 g/mol. The maximum absolute atomic E-state index is 10.8. The average molecular weight is 238 g/mol. The van der Waals surface area contributed by atoms with Gasteiger partial charge in [0, 0.05) is 34.2 Å². The summed E-state index contributed by atoms with van der Waals surface area (Å²) in [4.78, 5) is 10.8. The van der Waals surface area contributed by atoms with E-state index in [1.807, 2.05) is 36.0 Å². The van der Waals surface area contributed by atoms with E-state index in [0.717, 1.165) is 27.2 Å². The summed E-state index contributed by atoms with van der Waals surface area (Å²) >= 11 is 3.43. The zero-order chi connectivity index (χ0) is 9.42. The molecule has 0 aliphatic carbocycles. The maximum Gasteiger partial charge on any atom is 0.152 e. The predicted molar refractivity (Wildman–Crippen MR) is 56.0 cm³/mol. The van der Waals surface area contributed by atoms with Crippen molar-refractivity contribution < 1.29 is 4.79 Å². The van der Waals surface area contributed by atoms with Crippen LogP contribution in [0.25, 0.3) is 10.9 Å². The van der Waals surface area contributed by atoms with E-state index in [1.165, 1.54) is 0 Å². The summed E-state index contributed by atoms with van der Waals surface area (Å²) in [6.45, 7) is 0. The first-order valence-electron chi connectivity index (χ1n) is 3.93. The number of aldehydes is 1. The van der Waals surface area contributed by atoms with Crippen molar-refractivity contribution >= 4 is 33.1 Å². The van der Waals surface area contributed by atoms with E-state index >= 15 is 0 Å². The number of halogens is 1. The number of rotatable bonds is 1. The molecule has 0 saturated heterocycles. The molecule has 1 aromatic heterocycles. The van der Waals surface area contributed by atoms with Crippen molar-refractivity contribution in [1.82, 2.24) is 4.57 Å². The molecule has 0 atom stereocenters. The number of carbonyl (C=O) groups excluding carboxylic acids is 1. The van der Waals surface area contributed by atoms with Crippen LogP contribution < -0.4 is 0 Å². The van der Waals surface area contributed by atoms with Gasteiger partial charge in [-0.05, 0) is 12.1 Å². The fourth-order valence-electron chi connectivity index (χ4n) is 1.52. The van der Waals surface area contributed by atoms with Crippen LogP contribution >= 0.6 is 15.9 Å². The van der Waals surface area contributed by atoms with Crippen molar-refractivity contribution in [2.75, 3.05) is 0 Å². The van der Waals surface area contributed by atoms with E-state index in [9.17, 15) is 4.79 Å². The molecule has 0 bridgehead atoms. The Morgan fingerprint density at radius 2 is 2.23 bits per heavy atom. The normalized spacial score (nSPS) is 10.6. The van der Waals surface area contributed by atoms with Crippen molar-refractivity contribution in [3.05, 3.63) is 34.4 Å². The minimum atomic E-state index is 0.727. The van der Waals surface area contributed by atoms with Crippen molar-refractivity contribution in [3.8, 4) is 0 Å². The van der Waals surface area contributed by atoms with Crippen molar-refractivity contribution in [2.24, 2.45) is 7.05 Å². The Morgan fingerprint density at radius 1 is 1.46 bits per heavy atom. The van der Waals surface area contributed by atoms with Crippen molar-refractivity contribution in [3.63, 3.8) is 0 Å². The Labute approximate surface area is 84.3 Å². The van der Waals surface area contributed by atoms with Crippen LogP contribution in [0, 0.1) is 0 Å². The Hall–Kier alpha value is -1.09. The van der Waals surface area contributed by atoms with Crippen molar-refractivity contribution in [2.45, 2.75) is 0 Å². The highest BCUT2D eigenvalue weighted by Gasteiger charge is 2.07. The number of aromatic nitrogens is 1. The summed E-state index contributed by atoms with van der Waals surface area (Å²) in [5.41, 5.74) is 1.79. The Kier molecular flexibility index (Phi) is 1.96. The molecule has 0 fully saturated rings. The topological polar surface area (TPSA) is 22.0 Å². The van der Waals surface area contributed by atoms with Gasteiger partial charge < -0.3 is 4.57 Å². The molecule has 1 aromatic carbocycles. The zero-order valence-corrected chi connectivity index (χ0v) is 8.71. The van der Waals surface area contributed by atoms with Crippen LogP contribution in [0.1, 0.15) is 10.4 Å². The summed E-state index contributed by atoms with van der Waals surface area (Å²) in [5, 5.41) is 0.986. The minimum absolute atomic E-state index is 0.727. The molecule has 2 aromatic rings. The molecular formula is C10H8BrNO. The van der Waals surface area contributed by atoms with Gasteiger partial charge in [-0.3, -0.25) is 4.79 Å². The standard InChI is InChI=1S/C10H8BrNO/c1-12-5-7(6-13)10-8(11)3-2-4-9(10)12/h2-6H,1H3. The highest BCUT2D eigenvalue weighted by atomic mass is 79.9. The van der Waals surface area contributed by atoms with Gasteiger partial charge >= 0.3 is 0 Å². The van der Waals surface area contributed by atoms with Gasteiger partial charge in [0.05, 0.1) is 0 Å². The lowest BCUT2D eigenvalue weighted by atomic mass is 10.2. The Bertz CT molecular complexity index is 473. The van der Waals surface area contributed by atoms with Gasteiger partial charge in [0.1, 0.15) is 0 Å². The highest BCUT2D eigenvalue weighted by Crippen LogP contribution is 2.27. The van der Waals surface area contributed by atoms with E-state index in [1.54, 1.807) is 0 Å². The number of hydrogen-bond donors (Lipinski definition) is 0. The van der Waals surface area contributed by atoms with Crippen LogP contribution in [0.4, 0.5) is 0 Å². The summed E-state index contributed by atoms with van der Waals surface area (Å²) in [7, 11) is 1.93. The number of carbonyl (C=O) groups is 1. The van der Waals surface area contributed by atoms with Crippen LogP contribution in [0.5, 0.6) is 0 Å². The zero-order valence-electron chi connectivity index (χ0n) is 7.12. The molecule has 0 N–H and O–H groups in total. The van der Waals surface area contributed by atoms with E-state index in [-0.39, 0.29) is 0 Å². The van der Waals surface area contributed by atoms with Crippen molar-refractivity contribution in [1.29, 1.82) is 0 Å². The maximum atomic E-state index is 10.8. The first kappa shape index (κ1) is 8.51. The van der Waals surface area contributed by atoms with E-state index in [0.29, 0.717) is 0 Å². The van der Waals surface area contributed by atoms with Gasteiger partial charge in [-0.25, -0.2) is 0 Å². The summed E-state index contributed by atoms with van der Waals surface area (Å²) < 4.78 is 2.91. The predicted octanol–water partition coefficient (Wildman–Crippen LogP) is 2.75. The van der Waals surface area contributed by atoms with E-state index in [4.69, 9.17) is 0 Å².